The van der Waals surface area contributed by atoms with Gasteiger partial charge in [0.05, 0.1) is 5.69 Å². The highest BCUT2D eigenvalue weighted by Gasteiger charge is 2.06. The Balaban J connectivity index is 2.53. The van der Waals surface area contributed by atoms with Gasteiger partial charge in [0, 0.05) is 11.1 Å². The lowest BCUT2D eigenvalue weighted by atomic mass is 10.2. The van der Waals surface area contributed by atoms with Crippen LogP contribution in [0.1, 0.15) is 18.9 Å². The molecule has 0 radical (unpaired) electrons. The fourth-order valence-electron chi connectivity index (χ4n) is 1.24. The quantitative estimate of drug-likeness (QED) is 0.844. The maximum Gasteiger partial charge on any atom is 0.250 e. The first-order chi connectivity index (χ1) is 7.65. The van der Waals surface area contributed by atoms with Gasteiger partial charge in [-0.15, -0.1) is 0 Å². The van der Waals surface area contributed by atoms with Gasteiger partial charge in [0.15, 0.2) is 0 Å². The Morgan fingerprint density at radius 1 is 1.50 bits per heavy atom. The number of aryl methyl sites for hydroxylation is 1. The van der Waals surface area contributed by atoms with E-state index >= 15 is 0 Å². The molecular weight excluding hydrogens is 270 g/mol. The van der Waals surface area contributed by atoms with E-state index in [4.69, 9.17) is 4.74 Å². The molecule has 1 aromatic carbocycles. The Kier molecular flexibility index (Phi) is 5.49. The van der Waals surface area contributed by atoms with Crippen LogP contribution in [0, 0.1) is 6.92 Å². The Morgan fingerprint density at radius 2 is 2.25 bits per heavy atom. The molecule has 4 heteroatoms. The van der Waals surface area contributed by atoms with Crippen molar-refractivity contribution in [1.29, 1.82) is 0 Å². The zero-order valence-electron chi connectivity index (χ0n) is 9.55. The minimum absolute atomic E-state index is 0.105. The van der Waals surface area contributed by atoms with Crippen LogP contribution < -0.4 is 5.32 Å². The van der Waals surface area contributed by atoms with Crippen LogP contribution in [0.4, 0.5) is 5.69 Å². The van der Waals surface area contributed by atoms with E-state index in [1.807, 2.05) is 32.0 Å². The second-order valence-electron chi connectivity index (χ2n) is 3.54. The molecule has 0 atom stereocenters. The van der Waals surface area contributed by atoms with E-state index in [1.54, 1.807) is 0 Å². The van der Waals surface area contributed by atoms with Gasteiger partial charge in [-0.2, -0.15) is 0 Å². The average Bonchev–Trinajstić information content (AvgIpc) is 2.25. The molecule has 0 unspecified atom stereocenters. The van der Waals surface area contributed by atoms with Crippen molar-refractivity contribution in [3.63, 3.8) is 0 Å². The number of hydrogen-bond donors (Lipinski definition) is 1. The first-order valence-corrected chi connectivity index (χ1v) is 6.07. The fraction of sp³-hybridized carbons (Fsp3) is 0.417. The summed E-state index contributed by atoms with van der Waals surface area (Å²) >= 11 is 3.43. The summed E-state index contributed by atoms with van der Waals surface area (Å²) in [6, 6.07) is 5.74. The summed E-state index contributed by atoms with van der Waals surface area (Å²) in [6.45, 7) is 4.71. The zero-order valence-corrected chi connectivity index (χ0v) is 11.1. The van der Waals surface area contributed by atoms with Gasteiger partial charge < -0.3 is 10.1 Å². The third-order valence-electron chi connectivity index (χ3n) is 2.05. The van der Waals surface area contributed by atoms with Gasteiger partial charge in [0.2, 0.25) is 5.91 Å². The fourth-order valence-corrected chi connectivity index (χ4v) is 1.60. The Labute approximate surface area is 104 Å². The lowest BCUT2D eigenvalue weighted by Crippen LogP contribution is -2.18. The van der Waals surface area contributed by atoms with Crippen molar-refractivity contribution in [2.75, 3.05) is 18.5 Å². The molecule has 0 aromatic heterocycles. The number of benzene rings is 1. The van der Waals surface area contributed by atoms with Crippen molar-refractivity contribution in [2.45, 2.75) is 20.3 Å². The summed E-state index contributed by atoms with van der Waals surface area (Å²) in [5.41, 5.74) is 1.87. The van der Waals surface area contributed by atoms with Crippen LogP contribution in [0.15, 0.2) is 22.7 Å². The molecule has 1 aromatic rings. The molecule has 1 amide bonds. The van der Waals surface area contributed by atoms with E-state index in [-0.39, 0.29) is 12.5 Å². The Morgan fingerprint density at radius 3 is 2.94 bits per heavy atom. The van der Waals surface area contributed by atoms with Gasteiger partial charge >= 0.3 is 0 Å². The Hall–Kier alpha value is -0.870. The maximum absolute atomic E-state index is 11.5. The summed E-state index contributed by atoms with van der Waals surface area (Å²) < 4.78 is 6.08. The summed E-state index contributed by atoms with van der Waals surface area (Å²) in [6.07, 6.45) is 0.918. The normalized spacial score (nSPS) is 10.2. The van der Waals surface area contributed by atoms with E-state index in [0.717, 1.165) is 22.1 Å². The molecule has 0 aliphatic rings. The third kappa shape index (κ3) is 3.94. The standard InChI is InChI=1S/C12H16BrNO2/c1-3-7-16-8-11(15)14-10-6-4-5-9(2)12(10)13/h4-6H,3,7-8H2,1-2H3,(H,14,15). The van der Waals surface area contributed by atoms with E-state index in [1.165, 1.54) is 0 Å². The first-order valence-electron chi connectivity index (χ1n) is 5.28. The SMILES string of the molecule is CCCOCC(=O)Nc1cccc(C)c1Br. The molecular formula is C12H16BrNO2. The summed E-state index contributed by atoms with van der Waals surface area (Å²) in [5, 5.41) is 2.80. The summed E-state index contributed by atoms with van der Waals surface area (Å²) in [5.74, 6) is -0.125. The molecule has 0 fully saturated rings. The van der Waals surface area contributed by atoms with Crippen LogP contribution in [-0.2, 0) is 9.53 Å². The molecule has 0 heterocycles. The van der Waals surface area contributed by atoms with Crippen LogP contribution in [0.25, 0.3) is 0 Å². The number of ether oxygens (including phenoxy) is 1. The van der Waals surface area contributed by atoms with Gasteiger partial charge in [0.1, 0.15) is 6.61 Å². The molecule has 0 bridgehead atoms. The van der Waals surface area contributed by atoms with E-state index in [9.17, 15) is 4.79 Å². The highest BCUT2D eigenvalue weighted by molar-refractivity contribution is 9.10. The van der Waals surface area contributed by atoms with Gasteiger partial charge in [-0.1, -0.05) is 19.1 Å². The number of carbonyl (C=O) groups is 1. The minimum Gasteiger partial charge on any atom is -0.372 e. The van der Waals surface area contributed by atoms with Crippen molar-refractivity contribution in [3.05, 3.63) is 28.2 Å². The monoisotopic (exact) mass is 285 g/mol. The molecule has 0 saturated heterocycles. The van der Waals surface area contributed by atoms with E-state index in [2.05, 4.69) is 21.2 Å². The second-order valence-corrected chi connectivity index (χ2v) is 4.33. The Bertz CT molecular complexity index is 366. The molecule has 3 nitrogen and oxygen atoms in total. The predicted octanol–water partition coefficient (Wildman–Crippen LogP) is 3.12. The average molecular weight is 286 g/mol. The summed E-state index contributed by atoms with van der Waals surface area (Å²) in [7, 11) is 0. The molecule has 1 N–H and O–H groups in total. The number of nitrogens with one attached hydrogen (secondary N) is 1. The molecule has 0 saturated carbocycles. The lowest BCUT2D eigenvalue weighted by molar-refractivity contribution is -0.120. The summed E-state index contributed by atoms with van der Waals surface area (Å²) in [4.78, 5) is 11.5. The molecule has 88 valence electrons. The maximum atomic E-state index is 11.5. The van der Waals surface area contributed by atoms with Crippen molar-refractivity contribution < 1.29 is 9.53 Å². The molecule has 0 aliphatic heterocycles. The van der Waals surface area contributed by atoms with Gasteiger partial charge in [-0.05, 0) is 40.9 Å². The second kappa shape index (κ2) is 6.66. The van der Waals surface area contributed by atoms with Crippen molar-refractivity contribution >= 4 is 27.5 Å². The predicted molar refractivity (Wildman–Crippen MR) is 68.6 cm³/mol. The lowest BCUT2D eigenvalue weighted by Gasteiger charge is -2.09. The third-order valence-corrected chi connectivity index (χ3v) is 3.10. The molecule has 16 heavy (non-hydrogen) atoms. The number of amides is 1. The zero-order chi connectivity index (χ0) is 12.0. The number of rotatable bonds is 5. The van der Waals surface area contributed by atoms with Crippen LogP contribution in [0.5, 0.6) is 0 Å². The molecule has 1 rings (SSSR count). The molecule has 0 aliphatic carbocycles. The van der Waals surface area contributed by atoms with Crippen LogP contribution >= 0.6 is 15.9 Å². The topological polar surface area (TPSA) is 38.3 Å². The highest BCUT2D eigenvalue weighted by Crippen LogP contribution is 2.25. The van der Waals surface area contributed by atoms with Crippen molar-refractivity contribution in [3.8, 4) is 0 Å². The number of carbonyl (C=O) groups excluding carboxylic acids is 1. The first kappa shape index (κ1) is 13.2. The van der Waals surface area contributed by atoms with Gasteiger partial charge in [-0.3, -0.25) is 4.79 Å². The van der Waals surface area contributed by atoms with E-state index < -0.39 is 0 Å². The van der Waals surface area contributed by atoms with Crippen molar-refractivity contribution in [1.82, 2.24) is 0 Å². The number of hydrogen-bond acceptors (Lipinski definition) is 2. The van der Waals surface area contributed by atoms with E-state index in [0.29, 0.717) is 6.61 Å². The largest absolute Gasteiger partial charge is 0.372 e. The smallest absolute Gasteiger partial charge is 0.250 e. The minimum atomic E-state index is -0.125. The van der Waals surface area contributed by atoms with Gasteiger partial charge in [0.25, 0.3) is 0 Å². The van der Waals surface area contributed by atoms with Crippen LogP contribution in [0.3, 0.4) is 0 Å². The van der Waals surface area contributed by atoms with Crippen LogP contribution in [0.2, 0.25) is 0 Å². The highest BCUT2D eigenvalue weighted by atomic mass is 79.9. The van der Waals surface area contributed by atoms with Crippen molar-refractivity contribution in [2.24, 2.45) is 0 Å². The van der Waals surface area contributed by atoms with Gasteiger partial charge in [-0.25, -0.2) is 0 Å². The molecule has 0 spiro atoms. The number of halogens is 1. The number of anilines is 1. The van der Waals surface area contributed by atoms with Crippen LogP contribution in [-0.4, -0.2) is 19.1 Å².